The zero-order valence-corrected chi connectivity index (χ0v) is 19.3. The number of aliphatic hydroxyl groups is 1. The number of primary amides is 1. The summed E-state index contributed by atoms with van der Waals surface area (Å²) in [7, 11) is 0. The molecule has 35 heavy (non-hydrogen) atoms. The highest BCUT2D eigenvalue weighted by molar-refractivity contribution is 6.31. The van der Waals surface area contributed by atoms with E-state index in [0.29, 0.717) is 5.56 Å². The summed E-state index contributed by atoms with van der Waals surface area (Å²) in [4.78, 5) is 64.4. The number of hydrogen-bond acceptors (Lipinski definition) is 7. The van der Waals surface area contributed by atoms with E-state index in [-0.39, 0.29) is 30.6 Å². The van der Waals surface area contributed by atoms with Crippen LogP contribution in [0.4, 0.5) is 0 Å². The van der Waals surface area contributed by atoms with Crippen molar-refractivity contribution >= 4 is 29.0 Å². The maximum Gasteiger partial charge on any atom is 0.235 e. The molecule has 2 fully saturated rings. The summed E-state index contributed by atoms with van der Waals surface area (Å²) < 4.78 is 0. The van der Waals surface area contributed by atoms with Crippen LogP contribution in [0.15, 0.2) is 30.3 Å². The van der Waals surface area contributed by atoms with Crippen molar-refractivity contribution in [3.63, 3.8) is 0 Å². The van der Waals surface area contributed by atoms with E-state index in [1.165, 1.54) is 6.07 Å². The Morgan fingerprint density at radius 2 is 1.66 bits per heavy atom. The first kappa shape index (κ1) is 23.1. The molecule has 5 rings (SSSR count). The Hall–Kier alpha value is -3.65. The van der Waals surface area contributed by atoms with Crippen LogP contribution in [-0.4, -0.2) is 44.9 Å². The molecule has 3 aliphatic rings. The lowest BCUT2D eigenvalue weighted by Crippen LogP contribution is -2.68. The second-order valence-corrected chi connectivity index (χ2v) is 10.1. The molecule has 0 aromatic heterocycles. The molecule has 2 aromatic rings. The van der Waals surface area contributed by atoms with Crippen LogP contribution in [0.3, 0.4) is 0 Å². The van der Waals surface area contributed by atoms with E-state index in [1.54, 1.807) is 6.07 Å². The van der Waals surface area contributed by atoms with Crippen molar-refractivity contribution in [3.05, 3.63) is 52.6 Å². The number of amides is 1. The highest BCUT2D eigenvalue weighted by Crippen LogP contribution is 2.51. The van der Waals surface area contributed by atoms with Crippen molar-refractivity contribution in [3.8, 4) is 16.9 Å². The molecular formula is C27H25NO7. The molecular weight excluding hydrogens is 450 g/mol. The average Bonchev–Trinajstić information content (AvgIpc) is 2.75. The van der Waals surface area contributed by atoms with Crippen LogP contribution in [0.2, 0.25) is 0 Å². The molecule has 8 nitrogen and oxygen atoms in total. The fraction of sp³-hybridized carbons (Fsp3) is 0.370. The number of carbonyl (C=O) groups is 5. The van der Waals surface area contributed by atoms with Gasteiger partial charge in [-0.3, -0.25) is 24.0 Å². The number of aryl methyl sites for hydroxylation is 2. The minimum atomic E-state index is -2.64. The summed E-state index contributed by atoms with van der Waals surface area (Å²) in [6.45, 7) is 3.92. The van der Waals surface area contributed by atoms with Crippen molar-refractivity contribution in [2.45, 2.75) is 38.7 Å². The lowest BCUT2D eigenvalue weighted by atomic mass is 9.53. The standard InChI is InChI=1S/C27H25NO7/c1-11-5-12(2)7-13(6-11)16-3-4-18(29)21-17(16)9-14-8-15-10-19(30)22(26(28)34)25(33)27(15,35)24(32)20(14)23(21)31/h3-7,14-15,20,22,29,35H,8-10H2,1-2H3,(H2,28,34)/t14-,15+,20?,22?,27+/m1/s1. The highest BCUT2D eigenvalue weighted by atomic mass is 16.3. The largest absolute Gasteiger partial charge is 0.507 e. The number of Topliss-reactive ketones (excluding diaryl/α,β-unsaturated/α-hetero) is 4. The maximum atomic E-state index is 13.6. The number of fused-ring (bicyclic) bond motifs is 3. The van der Waals surface area contributed by atoms with Gasteiger partial charge in [-0.15, -0.1) is 0 Å². The summed E-state index contributed by atoms with van der Waals surface area (Å²) in [6, 6.07) is 9.12. The molecule has 0 saturated heterocycles. The molecule has 0 bridgehead atoms. The van der Waals surface area contributed by atoms with Gasteiger partial charge in [0.15, 0.2) is 34.7 Å². The van der Waals surface area contributed by atoms with Crippen LogP contribution in [0, 0.1) is 37.5 Å². The van der Waals surface area contributed by atoms with E-state index >= 15 is 0 Å². The summed E-state index contributed by atoms with van der Waals surface area (Å²) in [5, 5.41) is 21.9. The molecule has 2 unspecified atom stereocenters. The van der Waals surface area contributed by atoms with Gasteiger partial charge in [0.05, 0.1) is 11.5 Å². The number of rotatable bonds is 2. The van der Waals surface area contributed by atoms with E-state index in [2.05, 4.69) is 0 Å². The quantitative estimate of drug-likeness (QED) is 0.558. The van der Waals surface area contributed by atoms with Gasteiger partial charge in [-0.1, -0.05) is 35.4 Å². The van der Waals surface area contributed by atoms with Crippen molar-refractivity contribution in [1.29, 1.82) is 0 Å². The summed E-state index contributed by atoms with van der Waals surface area (Å²) in [6.07, 6.45) is -0.0266. The van der Waals surface area contributed by atoms with E-state index in [4.69, 9.17) is 5.73 Å². The van der Waals surface area contributed by atoms with Gasteiger partial charge in [0.25, 0.3) is 0 Å². The van der Waals surface area contributed by atoms with Crippen LogP contribution in [0.5, 0.6) is 5.75 Å². The molecule has 180 valence electrons. The molecule has 0 spiro atoms. The van der Waals surface area contributed by atoms with Gasteiger partial charge >= 0.3 is 0 Å². The van der Waals surface area contributed by atoms with Gasteiger partial charge in [-0.2, -0.15) is 0 Å². The average molecular weight is 475 g/mol. The number of aromatic hydroxyl groups is 1. The Balaban J connectivity index is 1.63. The van der Waals surface area contributed by atoms with Crippen molar-refractivity contribution in [1.82, 2.24) is 0 Å². The van der Waals surface area contributed by atoms with E-state index in [9.17, 15) is 34.2 Å². The van der Waals surface area contributed by atoms with Crippen molar-refractivity contribution in [2.24, 2.45) is 29.4 Å². The van der Waals surface area contributed by atoms with Crippen LogP contribution < -0.4 is 5.73 Å². The van der Waals surface area contributed by atoms with Crippen LogP contribution in [-0.2, 0) is 25.6 Å². The van der Waals surface area contributed by atoms with Gasteiger partial charge in [-0.25, -0.2) is 0 Å². The van der Waals surface area contributed by atoms with E-state index < -0.39 is 58.3 Å². The second kappa shape index (κ2) is 7.68. The number of phenols is 1. The molecule has 3 aliphatic carbocycles. The third-order valence-corrected chi connectivity index (χ3v) is 7.82. The first-order chi connectivity index (χ1) is 16.4. The smallest absolute Gasteiger partial charge is 0.235 e. The fourth-order valence-electron chi connectivity index (χ4n) is 6.37. The lowest BCUT2D eigenvalue weighted by molar-refractivity contribution is -0.175. The first-order valence-electron chi connectivity index (χ1n) is 11.6. The minimum absolute atomic E-state index is 0.00379. The molecule has 8 heteroatoms. The number of ketones is 4. The van der Waals surface area contributed by atoms with E-state index in [1.807, 2.05) is 32.0 Å². The fourth-order valence-corrected chi connectivity index (χ4v) is 6.37. The third-order valence-electron chi connectivity index (χ3n) is 7.82. The Kier molecular flexibility index (Phi) is 5.07. The number of phenolic OH excluding ortho intramolecular Hbond substituents is 1. The molecule has 0 heterocycles. The molecule has 0 radical (unpaired) electrons. The highest BCUT2D eigenvalue weighted by Gasteiger charge is 2.66. The van der Waals surface area contributed by atoms with Crippen LogP contribution in [0.25, 0.3) is 11.1 Å². The molecule has 5 atom stereocenters. The van der Waals surface area contributed by atoms with Gasteiger partial charge < -0.3 is 15.9 Å². The molecule has 2 aromatic carbocycles. The summed E-state index contributed by atoms with van der Waals surface area (Å²) in [5.74, 6) is -10.0. The Morgan fingerprint density at radius 3 is 2.29 bits per heavy atom. The maximum absolute atomic E-state index is 13.6. The Labute approximate surface area is 201 Å². The van der Waals surface area contributed by atoms with Gasteiger partial charge in [0.1, 0.15) is 5.75 Å². The number of benzene rings is 2. The number of carbonyl (C=O) groups excluding carboxylic acids is 5. The Morgan fingerprint density at radius 1 is 1.00 bits per heavy atom. The van der Waals surface area contributed by atoms with Gasteiger partial charge in [0.2, 0.25) is 5.91 Å². The second-order valence-electron chi connectivity index (χ2n) is 10.1. The van der Waals surface area contributed by atoms with Crippen LogP contribution >= 0.6 is 0 Å². The Bertz CT molecular complexity index is 1340. The summed E-state index contributed by atoms with van der Waals surface area (Å²) >= 11 is 0. The zero-order chi connectivity index (χ0) is 25.4. The predicted octanol–water partition coefficient (Wildman–Crippen LogP) is 1.61. The lowest BCUT2D eigenvalue weighted by Gasteiger charge is -2.48. The van der Waals surface area contributed by atoms with Gasteiger partial charge in [0, 0.05) is 12.3 Å². The zero-order valence-electron chi connectivity index (χ0n) is 19.3. The van der Waals surface area contributed by atoms with E-state index in [0.717, 1.165) is 22.3 Å². The first-order valence-corrected chi connectivity index (χ1v) is 11.6. The molecule has 0 aliphatic heterocycles. The summed E-state index contributed by atoms with van der Waals surface area (Å²) in [5.41, 5.74) is 6.87. The molecule has 4 N–H and O–H groups in total. The van der Waals surface area contributed by atoms with Gasteiger partial charge in [-0.05, 0) is 55.4 Å². The number of hydrogen-bond donors (Lipinski definition) is 3. The SMILES string of the molecule is Cc1cc(C)cc(-c2ccc(O)c3c2C[C@H]2C[C@H]4CC(=O)C(C(N)=O)C(=O)[C@@]4(O)C(=O)C2C3=O)c1. The number of nitrogens with two attached hydrogens (primary N) is 1. The van der Waals surface area contributed by atoms with Crippen LogP contribution in [0.1, 0.15) is 39.9 Å². The monoisotopic (exact) mass is 475 g/mol. The van der Waals surface area contributed by atoms with Crippen molar-refractivity contribution < 1.29 is 34.2 Å². The third kappa shape index (κ3) is 3.20. The minimum Gasteiger partial charge on any atom is -0.507 e. The van der Waals surface area contributed by atoms with Crippen molar-refractivity contribution in [2.75, 3.05) is 0 Å². The normalized spacial score (nSPS) is 29.9. The predicted molar refractivity (Wildman–Crippen MR) is 123 cm³/mol. The topological polar surface area (TPSA) is 152 Å². The molecule has 2 saturated carbocycles. The molecule has 1 amide bonds.